The van der Waals surface area contributed by atoms with Crippen molar-refractivity contribution in [2.75, 3.05) is 13.7 Å². The molecule has 112 valence electrons. The second-order valence-corrected chi connectivity index (χ2v) is 5.64. The molecule has 0 atom stereocenters. The molecule has 3 rings (SSSR count). The molecule has 0 spiro atoms. The molecule has 2 aromatic rings. The normalized spacial score (nSPS) is 22.2. The van der Waals surface area contributed by atoms with Crippen LogP contribution in [0.2, 0.25) is 0 Å². The maximum Gasteiger partial charge on any atom is 0.230 e. The minimum Gasteiger partial charge on any atom is -0.497 e. The number of ether oxygens (including phenoxy) is 1. The predicted molar refractivity (Wildman–Crippen MR) is 80.0 cm³/mol. The maximum absolute atomic E-state index is 5.73. The maximum atomic E-state index is 5.73. The molecular formula is C16H21N3O2. The van der Waals surface area contributed by atoms with Gasteiger partial charge in [0.05, 0.1) is 7.11 Å². The highest BCUT2D eigenvalue weighted by molar-refractivity contribution is 5.56. The number of nitrogens with zero attached hydrogens (tertiary/aromatic N) is 2. The van der Waals surface area contributed by atoms with Crippen LogP contribution in [0.5, 0.6) is 5.75 Å². The molecule has 1 heterocycles. The lowest BCUT2D eigenvalue weighted by atomic mass is 9.82. The summed E-state index contributed by atoms with van der Waals surface area (Å²) in [5, 5.41) is 4.11. The molecule has 1 aliphatic carbocycles. The molecule has 0 radical (unpaired) electrons. The van der Waals surface area contributed by atoms with Crippen LogP contribution in [-0.4, -0.2) is 23.8 Å². The van der Waals surface area contributed by atoms with Gasteiger partial charge in [-0.2, -0.15) is 4.98 Å². The van der Waals surface area contributed by atoms with Crippen LogP contribution < -0.4 is 10.5 Å². The van der Waals surface area contributed by atoms with Crippen molar-refractivity contribution in [1.82, 2.24) is 10.1 Å². The van der Waals surface area contributed by atoms with Gasteiger partial charge in [0, 0.05) is 11.5 Å². The van der Waals surface area contributed by atoms with Gasteiger partial charge in [-0.25, -0.2) is 0 Å². The number of nitrogens with two attached hydrogens (primary N) is 1. The van der Waals surface area contributed by atoms with Crippen LogP contribution in [0.15, 0.2) is 28.8 Å². The van der Waals surface area contributed by atoms with E-state index in [1.54, 1.807) is 7.11 Å². The van der Waals surface area contributed by atoms with E-state index in [4.69, 9.17) is 15.0 Å². The number of hydrogen-bond donors (Lipinski definition) is 1. The topological polar surface area (TPSA) is 74.2 Å². The Bertz CT molecular complexity index is 589. The molecule has 5 nitrogen and oxygen atoms in total. The summed E-state index contributed by atoms with van der Waals surface area (Å²) in [6.07, 6.45) is 4.47. The van der Waals surface area contributed by atoms with Crippen molar-refractivity contribution in [2.24, 2.45) is 11.7 Å². The second kappa shape index (κ2) is 6.26. The molecule has 1 fully saturated rings. The minimum atomic E-state index is 0.375. The van der Waals surface area contributed by atoms with E-state index in [1.807, 2.05) is 24.3 Å². The molecular weight excluding hydrogens is 266 g/mol. The molecule has 0 amide bonds. The molecule has 1 aromatic carbocycles. The Balaban J connectivity index is 1.74. The fraction of sp³-hybridized carbons (Fsp3) is 0.500. The molecule has 1 aliphatic rings. The predicted octanol–water partition coefficient (Wildman–Crippen LogP) is 2.98. The molecule has 1 aromatic heterocycles. The third-order valence-corrected chi connectivity index (χ3v) is 4.30. The Morgan fingerprint density at radius 2 is 2.10 bits per heavy atom. The number of rotatable bonds is 4. The van der Waals surface area contributed by atoms with Crippen molar-refractivity contribution in [2.45, 2.75) is 31.6 Å². The summed E-state index contributed by atoms with van der Waals surface area (Å²) >= 11 is 0. The van der Waals surface area contributed by atoms with Gasteiger partial charge >= 0.3 is 0 Å². The molecule has 5 heteroatoms. The van der Waals surface area contributed by atoms with Gasteiger partial charge in [-0.1, -0.05) is 17.3 Å². The van der Waals surface area contributed by atoms with Gasteiger partial charge in [0.1, 0.15) is 5.75 Å². The average Bonchev–Trinajstić information content (AvgIpc) is 3.05. The Labute approximate surface area is 124 Å². The first-order chi connectivity index (χ1) is 10.3. The van der Waals surface area contributed by atoms with Crippen LogP contribution in [0.25, 0.3) is 11.4 Å². The summed E-state index contributed by atoms with van der Waals surface area (Å²) in [5.74, 6) is 3.21. The van der Waals surface area contributed by atoms with Crippen LogP contribution in [0.4, 0.5) is 0 Å². The molecule has 0 saturated heterocycles. The number of benzene rings is 1. The van der Waals surface area contributed by atoms with E-state index in [-0.39, 0.29) is 0 Å². The molecule has 2 N–H and O–H groups in total. The highest BCUT2D eigenvalue weighted by Crippen LogP contribution is 2.35. The monoisotopic (exact) mass is 287 g/mol. The van der Waals surface area contributed by atoms with E-state index in [0.717, 1.165) is 49.4 Å². The van der Waals surface area contributed by atoms with Crippen LogP contribution in [0, 0.1) is 5.92 Å². The standard InChI is InChI=1S/C16H21N3O2/c1-20-14-4-2-3-13(9-14)15-18-16(21-19-15)12-7-5-11(10-17)6-8-12/h2-4,9,11-12H,5-8,10,17H2,1H3. The smallest absolute Gasteiger partial charge is 0.230 e. The first kappa shape index (κ1) is 14.1. The lowest BCUT2D eigenvalue weighted by molar-refractivity contribution is 0.275. The summed E-state index contributed by atoms with van der Waals surface area (Å²) in [5.41, 5.74) is 6.65. The number of methoxy groups -OCH3 is 1. The van der Waals surface area contributed by atoms with Gasteiger partial charge in [-0.3, -0.25) is 0 Å². The first-order valence-corrected chi connectivity index (χ1v) is 7.48. The Hall–Kier alpha value is -1.88. The fourth-order valence-electron chi connectivity index (χ4n) is 2.93. The van der Waals surface area contributed by atoms with Crippen molar-refractivity contribution in [1.29, 1.82) is 0 Å². The molecule has 0 unspecified atom stereocenters. The van der Waals surface area contributed by atoms with Gasteiger partial charge in [0.25, 0.3) is 0 Å². The molecule has 0 aliphatic heterocycles. The summed E-state index contributed by atoms with van der Waals surface area (Å²) < 4.78 is 10.7. The highest BCUT2D eigenvalue weighted by atomic mass is 16.5. The summed E-state index contributed by atoms with van der Waals surface area (Å²) in [4.78, 5) is 4.57. The first-order valence-electron chi connectivity index (χ1n) is 7.48. The summed E-state index contributed by atoms with van der Waals surface area (Å²) in [7, 11) is 1.65. The Morgan fingerprint density at radius 1 is 1.29 bits per heavy atom. The zero-order valence-electron chi connectivity index (χ0n) is 12.3. The highest BCUT2D eigenvalue weighted by Gasteiger charge is 2.26. The number of hydrogen-bond acceptors (Lipinski definition) is 5. The van der Waals surface area contributed by atoms with Crippen LogP contribution >= 0.6 is 0 Å². The molecule has 21 heavy (non-hydrogen) atoms. The third-order valence-electron chi connectivity index (χ3n) is 4.30. The van der Waals surface area contributed by atoms with Crippen LogP contribution in [-0.2, 0) is 0 Å². The molecule has 0 bridgehead atoms. The van der Waals surface area contributed by atoms with Gasteiger partial charge < -0.3 is 15.0 Å². The lowest BCUT2D eigenvalue weighted by Gasteiger charge is -2.24. The van der Waals surface area contributed by atoms with Crippen molar-refractivity contribution in [3.63, 3.8) is 0 Å². The van der Waals surface area contributed by atoms with E-state index >= 15 is 0 Å². The lowest BCUT2D eigenvalue weighted by Crippen LogP contribution is -2.20. The van der Waals surface area contributed by atoms with Crippen molar-refractivity contribution >= 4 is 0 Å². The average molecular weight is 287 g/mol. The second-order valence-electron chi connectivity index (χ2n) is 5.64. The van der Waals surface area contributed by atoms with E-state index in [0.29, 0.717) is 17.7 Å². The zero-order chi connectivity index (χ0) is 14.7. The SMILES string of the molecule is COc1cccc(-c2noc(C3CCC(CN)CC3)n2)c1. The minimum absolute atomic E-state index is 0.375. The van der Waals surface area contributed by atoms with Gasteiger partial charge in [-0.05, 0) is 50.3 Å². The van der Waals surface area contributed by atoms with Gasteiger partial charge in [0.15, 0.2) is 0 Å². The van der Waals surface area contributed by atoms with Gasteiger partial charge in [-0.15, -0.1) is 0 Å². The van der Waals surface area contributed by atoms with E-state index in [1.165, 1.54) is 0 Å². The fourth-order valence-corrected chi connectivity index (χ4v) is 2.93. The van der Waals surface area contributed by atoms with Crippen molar-refractivity contribution in [3.05, 3.63) is 30.2 Å². The molecule has 1 saturated carbocycles. The zero-order valence-corrected chi connectivity index (χ0v) is 12.3. The van der Waals surface area contributed by atoms with Crippen LogP contribution in [0.1, 0.15) is 37.5 Å². The summed E-state index contributed by atoms with van der Waals surface area (Å²) in [6.45, 7) is 0.783. The number of aromatic nitrogens is 2. The van der Waals surface area contributed by atoms with Gasteiger partial charge in [0.2, 0.25) is 11.7 Å². The third kappa shape index (κ3) is 3.08. The van der Waals surface area contributed by atoms with Crippen molar-refractivity contribution < 1.29 is 9.26 Å². The Morgan fingerprint density at radius 3 is 2.81 bits per heavy atom. The van der Waals surface area contributed by atoms with E-state index < -0.39 is 0 Å². The van der Waals surface area contributed by atoms with E-state index in [9.17, 15) is 0 Å². The quantitative estimate of drug-likeness (QED) is 0.935. The van der Waals surface area contributed by atoms with Crippen molar-refractivity contribution in [3.8, 4) is 17.1 Å². The van der Waals surface area contributed by atoms with E-state index in [2.05, 4.69) is 10.1 Å². The van der Waals surface area contributed by atoms with Crippen LogP contribution in [0.3, 0.4) is 0 Å². The summed E-state index contributed by atoms with van der Waals surface area (Å²) in [6, 6.07) is 7.71. The Kier molecular flexibility index (Phi) is 4.20. The largest absolute Gasteiger partial charge is 0.497 e.